The van der Waals surface area contributed by atoms with E-state index in [0.717, 1.165) is 27.7 Å². The van der Waals surface area contributed by atoms with E-state index in [4.69, 9.17) is 5.11 Å². The van der Waals surface area contributed by atoms with Crippen LogP contribution in [-0.4, -0.2) is 25.8 Å². The highest BCUT2D eigenvalue weighted by molar-refractivity contribution is 7.12. The van der Waals surface area contributed by atoms with Crippen LogP contribution in [0.4, 0.5) is 0 Å². The fraction of sp³-hybridized carbons (Fsp3) is 0. The van der Waals surface area contributed by atoms with E-state index < -0.39 is 5.97 Å². The summed E-state index contributed by atoms with van der Waals surface area (Å²) < 4.78 is 1.26. The van der Waals surface area contributed by atoms with Crippen LogP contribution in [-0.2, 0) is 0 Å². The number of benzene rings is 2. The number of carbonyl (C=O) groups is 1. The second kappa shape index (κ2) is 5.47. The number of nitrogens with one attached hydrogen (secondary N) is 1. The minimum Gasteiger partial charge on any atom is -0.476 e. The number of hydrogen-bond donors (Lipinski definition) is 2. The van der Waals surface area contributed by atoms with Gasteiger partial charge in [-0.3, -0.25) is 9.89 Å². The highest BCUT2D eigenvalue weighted by atomic mass is 32.1. The lowest BCUT2D eigenvalue weighted by atomic mass is 10.0. The maximum absolute atomic E-state index is 12.3. The van der Waals surface area contributed by atoms with Gasteiger partial charge in [0.25, 0.3) is 5.56 Å². The molecule has 24 heavy (non-hydrogen) atoms. The minimum atomic E-state index is -1.12. The van der Waals surface area contributed by atoms with Crippen molar-refractivity contribution in [1.29, 1.82) is 0 Å². The zero-order chi connectivity index (χ0) is 16.7. The molecule has 7 heteroatoms. The van der Waals surface area contributed by atoms with E-state index in [1.807, 2.05) is 42.5 Å². The molecule has 4 rings (SSSR count). The first-order valence-electron chi connectivity index (χ1n) is 7.13. The van der Waals surface area contributed by atoms with Crippen molar-refractivity contribution in [1.82, 2.24) is 14.8 Å². The van der Waals surface area contributed by atoms with Gasteiger partial charge in [0, 0.05) is 17.0 Å². The van der Waals surface area contributed by atoms with Crippen molar-refractivity contribution in [2.45, 2.75) is 0 Å². The Balaban J connectivity index is 1.86. The number of H-pyrrole nitrogens is 1. The van der Waals surface area contributed by atoms with Gasteiger partial charge in [-0.1, -0.05) is 42.5 Å². The zero-order valence-corrected chi connectivity index (χ0v) is 13.1. The van der Waals surface area contributed by atoms with Gasteiger partial charge in [0.15, 0.2) is 5.69 Å². The quantitative estimate of drug-likeness (QED) is 0.601. The van der Waals surface area contributed by atoms with E-state index in [0.29, 0.717) is 10.8 Å². The maximum Gasteiger partial charge on any atom is 0.355 e. The van der Waals surface area contributed by atoms with Crippen LogP contribution in [0.2, 0.25) is 0 Å². The molecule has 4 aromatic rings. The summed E-state index contributed by atoms with van der Waals surface area (Å²) in [5.74, 6) is -1.12. The van der Waals surface area contributed by atoms with E-state index in [2.05, 4.69) is 10.1 Å². The van der Waals surface area contributed by atoms with Gasteiger partial charge < -0.3 is 5.11 Å². The highest BCUT2D eigenvalue weighted by Gasteiger charge is 2.14. The number of carboxylic acids is 1. The van der Waals surface area contributed by atoms with Crippen molar-refractivity contribution >= 4 is 28.1 Å². The molecular weight excluding hydrogens is 326 g/mol. The number of aromatic nitrogens is 3. The molecule has 0 unspecified atom stereocenters. The number of fused-ring (bicyclic) bond motifs is 1. The molecule has 0 spiro atoms. The summed E-state index contributed by atoms with van der Waals surface area (Å²) >= 11 is 1.10. The summed E-state index contributed by atoms with van der Waals surface area (Å²) in [5, 5.41) is 15.8. The zero-order valence-electron chi connectivity index (χ0n) is 12.3. The molecule has 6 nitrogen and oxygen atoms in total. The third-order valence-corrected chi connectivity index (χ3v) is 4.53. The lowest BCUT2D eigenvalue weighted by Crippen LogP contribution is -2.13. The number of aromatic amines is 1. The standard InChI is InChI=1S/C17H11N3O3S/c21-15-8-13(12-7-3-5-10-4-1-2-6-11(10)12)19-20(15)17-18-14(9-24-17)16(22)23/h1-9,19H,(H,22,23). The molecule has 0 aliphatic carbocycles. The first-order valence-corrected chi connectivity index (χ1v) is 8.01. The topological polar surface area (TPSA) is 88.0 Å². The van der Waals surface area contributed by atoms with Gasteiger partial charge >= 0.3 is 5.97 Å². The van der Waals surface area contributed by atoms with Crippen molar-refractivity contribution in [2.24, 2.45) is 0 Å². The van der Waals surface area contributed by atoms with Gasteiger partial charge in [0.2, 0.25) is 5.13 Å². The lowest BCUT2D eigenvalue weighted by Gasteiger charge is -2.04. The molecular formula is C17H11N3O3S. The molecule has 0 saturated heterocycles. The Labute approximate surface area is 139 Å². The molecule has 0 fully saturated rings. The summed E-state index contributed by atoms with van der Waals surface area (Å²) in [6, 6.07) is 15.3. The van der Waals surface area contributed by atoms with Crippen LogP contribution in [0.15, 0.2) is 58.7 Å². The SMILES string of the molecule is O=C(O)c1csc(-n2[nH]c(-c3cccc4ccccc34)cc2=O)n1. The summed E-state index contributed by atoms with van der Waals surface area (Å²) in [6.07, 6.45) is 0. The maximum atomic E-state index is 12.3. The largest absolute Gasteiger partial charge is 0.476 e. The predicted octanol–water partition coefficient (Wildman–Crippen LogP) is 3.14. The van der Waals surface area contributed by atoms with Gasteiger partial charge in [0.05, 0.1) is 5.69 Å². The second-order valence-electron chi connectivity index (χ2n) is 5.19. The van der Waals surface area contributed by atoms with Gasteiger partial charge in [-0.15, -0.1) is 11.3 Å². The van der Waals surface area contributed by atoms with Crippen LogP contribution < -0.4 is 5.56 Å². The molecule has 118 valence electrons. The summed E-state index contributed by atoms with van der Waals surface area (Å²) in [4.78, 5) is 27.2. The number of hydrogen-bond acceptors (Lipinski definition) is 4. The molecule has 0 radical (unpaired) electrons. The van der Waals surface area contributed by atoms with Crippen LogP contribution in [0.25, 0.3) is 27.2 Å². The average Bonchev–Trinajstić information content (AvgIpc) is 3.21. The average molecular weight is 337 g/mol. The van der Waals surface area contributed by atoms with E-state index in [9.17, 15) is 9.59 Å². The number of thiazole rings is 1. The fourth-order valence-electron chi connectivity index (χ4n) is 2.60. The number of carboxylic acid groups (broad SMARTS) is 1. The number of nitrogens with zero attached hydrogens (tertiary/aromatic N) is 2. The van der Waals surface area contributed by atoms with Gasteiger partial charge in [0.1, 0.15) is 0 Å². The van der Waals surface area contributed by atoms with Crippen LogP contribution in [0, 0.1) is 0 Å². The van der Waals surface area contributed by atoms with Crippen LogP contribution in [0.1, 0.15) is 10.5 Å². The van der Waals surface area contributed by atoms with E-state index in [-0.39, 0.29) is 11.3 Å². The first kappa shape index (κ1) is 14.4. The van der Waals surface area contributed by atoms with Crippen molar-refractivity contribution in [2.75, 3.05) is 0 Å². The van der Waals surface area contributed by atoms with E-state index in [1.54, 1.807) is 0 Å². The Kier molecular flexibility index (Phi) is 3.28. The van der Waals surface area contributed by atoms with Crippen molar-refractivity contribution < 1.29 is 9.90 Å². The molecule has 2 aromatic heterocycles. The van der Waals surface area contributed by atoms with Crippen molar-refractivity contribution in [3.05, 3.63) is 70.0 Å². The fourth-order valence-corrected chi connectivity index (χ4v) is 3.36. The van der Waals surface area contributed by atoms with Crippen molar-refractivity contribution in [3.63, 3.8) is 0 Å². The van der Waals surface area contributed by atoms with Gasteiger partial charge in [-0.25, -0.2) is 9.78 Å². The predicted molar refractivity (Wildman–Crippen MR) is 92.0 cm³/mol. The van der Waals surface area contributed by atoms with E-state index >= 15 is 0 Å². The smallest absolute Gasteiger partial charge is 0.355 e. The normalized spacial score (nSPS) is 11.0. The Morgan fingerprint density at radius 3 is 2.75 bits per heavy atom. The number of rotatable bonds is 3. The third kappa shape index (κ3) is 2.31. The summed E-state index contributed by atoms with van der Waals surface area (Å²) in [7, 11) is 0. The van der Waals surface area contributed by atoms with Crippen molar-refractivity contribution in [3.8, 4) is 16.4 Å². The Morgan fingerprint density at radius 1 is 1.17 bits per heavy atom. The first-order chi connectivity index (χ1) is 11.6. The third-order valence-electron chi connectivity index (χ3n) is 3.70. The molecule has 2 aromatic carbocycles. The van der Waals surface area contributed by atoms with Gasteiger partial charge in [-0.05, 0) is 10.8 Å². The monoisotopic (exact) mass is 337 g/mol. The highest BCUT2D eigenvalue weighted by Crippen LogP contribution is 2.27. The lowest BCUT2D eigenvalue weighted by molar-refractivity contribution is 0.0691. The molecule has 0 aliphatic rings. The molecule has 0 atom stereocenters. The molecule has 2 heterocycles. The Morgan fingerprint density at radius 2 is 1.96 bits per heavy atom. The summed E-state index contributed by atoms with van der Waals surface area (Å²) in [6.45, 7) is 0. The molecule has 0 amide bonds. The second-order valence-corrected chi connectivity index (χ2v) is 6.03. The Bertz CT molecular complexity index is 1120. The minimum absolute atomic E-state index is 0.0804. The number of aromatic carboxylic acids is 1. The molecule has 0 bridgehead atoms. The molecule has 0 saturated carbocycles. The van der Waals surface area contributed by atoms with Gasteiger partial charge in [-0.2, -0.15) is 4.68 Å². The summed E-state index contributed by atoms with van der Waals surface area (Å²) in [5.41, 5.74) is 1.19. The van der Waals surface area contributed by atoms with Crippen LogP contribution in [0.5, 0.6) is 0 Å². The van der Waals surface area contributed by atoms with E-state index in [1.165, 1.54) is 16.1 Å². The van der Waals surface area contributed by atoms with Crippen LogP contribution >= 0.6 is 11.3 Å². The molecule has 2 N–H and O–H groups in total. The molecule has 0 aliphatic heterocycles. The van der Waals surface area contributed by atoms with Crippen LogP contribution in [0.3, 0.4) is 0 Å². The Hall–Kier alpha value is -3.19.